The van der Waals surface area contributed by atoms with Crippen molar-refractivity contribution in [3.05, 3.63) is 42.6 Å². The first-order valence-electron chi connectivity index (χ1n) is 4.93. The molecule has 2 N–H and O–H groups in total. The summed E-state index contributed by atoms with van der Waals surface area (Å²) in [4.78, 5) is 11.5. The van der Waals surface area contributed by atoms with Crippen LogP contribution in [0.15, 0.2) is 42.6 Å². The van der Waals surface area contributed by atoms with E-state index in [-0.39, 0.29) is 5.88 Å². The molecule has 16 heavy (non-hydrogen) atoms. The van der Waals surface area contributed by atoms with Crippen molar-refractivity contribution in [2.75, 3.05) is 0 Å². The van der Waals surface area contributed by atoms with Crippen molar-refractivity contribution < 1.29 is 5.11 Å². The van der Waals surface area contributed by atoms with Gasteiger partial charge in [-0.15, -0.1) is 0 Å². The number of rotatable bonds is 1. The third kappa shape index (κ3) is 1.40. The van der Waals surface area contributed by atoms with Crippen molar-refractivity contribution >= 4 is 11.0 Å². The molecule has 0 saturated carbocycles. The number of hydrogen-bond donors (Lipinski definition) is 2. The third-order valence-electron chi connectivity index (χ3n) is 2.41. The van der Waals surface area contributed by atoms with Crippen LogP contribution in [0.4, 0.5) is 0 Å². The summed E-state index contributed by atoms with van der Waals surface area (Å²) in [5.41, 5.74) is 2.77. The smallest absolute Gasteiger partial charge is 0.210 e. The van der Waals surface area contributed by atoms with E-state index in [1.807, 2.05) is 24.3 Å². The van der Waals surface area contributed by atoms with Crippen LogP contribution >= 0.6 is 0 Å². The van der Waals surface area contributed by atoms with Crippen molar-refractivity contribution in [3.63, 3.8) is 0 Å². The molecule has 3 rings (SSSR count). The Bertz CT molecular complexity index is 595. The standard InChI is InChI=1S/C12H9N3O/c16-11-6-5-8(7-13-11)12-14-9-3-1-2-4-10(9)15-12/h1-7H,(H,13,16)(H,14,15). The first kappa shape index (κ1) is 8.91. The molecule has 4 nitrogen and oxygen atoms in total. The maximum Gasteiger partial charge on any atom is 0.210 e. The number of para-hydroxylation sites is 2. The summed E-state index contributed by atoms with van der Waals surface area (Å²) >= 11 is 0. The van der Waals surface area contributed by atoms with Crippen LogP contribution in [-0.2, 0) is 0 Å². The Balaban J connectivity index is 2.15. The third-order valence-corrected chi connectivity index (χ3v) is 2.41. The average molecular weight is 211 g/mol. The minimum atomic E-state index is 0.0138. The number of hydrogen-bond acceptors (Lipinski definition) is 3. The van der Waals surface area contributed by atoms with Gasteiger partial charge in [0.25, 0.3) is 0 Å². The molecule has 2 heterocycles. The highest BCUT2D eigenvalue weighted by molar-refractivity contribution is 5.79. The zero-order valence-electron chi connectivity index (χ0n) is 8.38. The molecule has 0 fully saturated rings. The second-order valence-electron chi connectivity index (χ2n) is 3.51. The molecule has 0 saturated heterocycles. The molecule has 1 aromatic carbocycles. The highest BCUT2D eigenvalue weighted by Gasteiger charge is 2.04. The Morgan fingerprint density at radius 1 is 1.06 bits per heavy atom. The van der Waals surface area contributed by atoms with Gasteiger partial charge < -0.3 is 10.1 Å². The van der Waals surface area contributed by atoms with Gasteiger partial charge in [-0.3, -0.25) is 0 Å². The summed E-state index contributed by atoms with van der Waals surface area (Å²) in [7, 11) is 0. The zero-order chi connectivity index (χ0) is 11.0. The number of benzene rings is 1. The fourth-order valence-corrected chi connectivity index (χ4v) is 1.62. The number of aromatic hydroxyl groups is 1. The number of imidazole rings is 1. The Kier molecular flexibility index (Phi) is 1.86. The largest absolute Gasteiger partial charge is 0.493 e. The summed E-state index contributed by atoms with van der Waals surface area (Å²) in [6.07, 6.45) is 1.59. The zero-order valence-corrected chi connectivity index (χ0v) is 8.38. The van der Waals surface area contributed by atoms with E-state index in [1.54, 1.807) is 18.3 Å². The predicted molar refractivity (Wildman–Crippen MR) is 61.0 cm³/mol. The van der Waals surface area contributed by atoms with Crippen LogP contribution in [0, 0.1) is 0 Å². The van der Waals surface area contributed by atoms with Crippen LogP contribution in [0.5, 0.6) is 5.88 Å². The van der Waals surface area contributed by atoms with Gasteiger partial charge in [0.1, 0.15) is 5.82 Å². The molecule has 0 atom stereocenters. The predicted octanol–water partition coefficient (Wildman–Crippen LogP) is 2.33. The van der Waals surface area contributed by atoms with E-state index >= 15 is 0 Å². The molecular weight excluding hydrogens is 202 g/mol. The van der Waals surface area contributed by atoms with E-state index in [4.69, 9.17) is 5.11 Å². The lowest BCUT2D eigenvalue weighted by Gasteiger charge is -1.95. The van der Waals surface area contributed by atoms with Gasteiger partial charge in [0.05, 0.1) is 11.0 Å². The van der Waals surface area contributed by atoms with E-state index in [2.05, 4.69) is 15.0 Å². The van der Waals surface area contributed by atoms with Gasteiger partial charge in [0.2, 0.25) is 5.88 Å². The Labute approximate surface area is 91.6 Å². The summed E-state index contributed by atoms with van der Waals surface area (Å²) < 4.78 is 0. The van der Waals surface area contributed by atoms with Gasteiger partial charge in [0, 0.05) is 17.8 Å². The van der Waals surface area contributed by atoms with Gasteiger partial charge in [-0.1, -0.05) is 12.1 Å². The molecule has 4 heteroatoms. The second kappa shape index (κ2) is 3.34. The fraction of sp³-hybridized carbons (Fsp3) is 0. The minimum absolute atomic E-state index is 0.0138. The highest BCUT2D eigenvalue weighted by Crippen LogP contribution is 2.20. The lowest BCUT2D eigenvalue weighted by molar-refractivity contribution is 0.453. The van der Waals surface area contributed by atoms with Crippen LogP contribution in [0.1, 0.15) is 0 Å². The number of aromatic amines is 1. The molecule has 78 valence electrons. The van der Waals surface area contributed by atoms with Crippen molar-refractivity contribution in [2.24, 2.45) is 0 Å². The molecule has 0 aliphatic heterocycles. The molecule has 0 radical (unpaired) electrons. The molecule has 0 spiro atoms. The van der Waals surface area contributed by atoms with E-state index in [0.717, 1.165) is 22.4 Å². The Morgan fingerprint density at radius 3 is 2.69 bits per heavy atom. The number of nitrogens with one attached hydrogen (secondary N) is 1. The van der Waals surface area contributed by atoms with Crippen LogP contribution < -0.4 is 0 Å². The highest BCUT2D eigenvalue weighted by atomic mass is 16.3. The first-order chi connectivity index (χ1) is 7.83. The summed E-state index contributed by atoms with van der Waals surface area (Å²) in [5, 5.41) is 9.10. The van der Waals surface area contributed by atoms with E-state index < -0.39 is 0 Å². The first-order valence-corrected chi connectivity index (χ1v) is 4.93. The maximum absolute atomic E-state index is 9.10. The van der Waals surface area contributed by atoms with Gasteiger partial charge in [-0.2, -0.15) is 0 Å². The molecule has 2 aromatic heterocycles. The molecule has 0 amide bonds. The quantitative estimate of drug-likeness (QED) is 0.649. The van der Waals surface area contributed by atoms with Crippen LogP contribution in [0.2, 0.25) is 0 Å². The average Bonchev–Trinajstić information content (AvgIpc) is 2.73. The second-order valence-corrected chi connectivity index (χ2v) is 3.51. The molecule has 0 bridgehead atoms. The SMILES string of the molecule is Oc1ccc(-c2nc3ccccc3[nH]2)cn1. The number of pyridine rings is 1. The van der Waals surface area contributed by atoms with E-state index in [1.165, 1.54) is 0 Å². The van der Waals surface area contributed by atoms with Crippen molar-refractivity contribution in [1.82, 2.24) is 15.0 Å². The summed E-state index contributed by atoms with van der Waals surface area (Å²) in [6.45, 7) is 0. The lowest BCUT2D eigenvalue weighted by atomic mass is 10.3. The van der Waals surface area contributed by atoms with Gasteiger partial charge in [-0.05, 0) is 18.2 Å². The fourth-order valence-electron chi connectivity index (χ4n) is 1.62. The summed E-state index contributed by atoms with van der Waals surface area (Å²) in [5.74, 6) is 0.772. The number of H-pyrrole nitrogens is 1. The molecule has 0 aliphatic rings. The number of fused-ring (bicyclic) bond motifs is 1. The molecule has 0 unspecified atom stereocenters. The van der Waals surface area contributed by atoms with Gasteiger partial charge in [0.15, 0.2) is 0 Å². The number of aromatic nitrogens is 3. The van der Waals surface area contributed by atoms with Crippen LogP contribution in [-0.4, -0.2) is 20.1 Å². The number of nitrogens with zero attached hydrogens (tertiary/aromatic N) is 2. The van der Waals surface area contributed by atoms with Crippen LogP contribution in [0.25, 0.3) is 22.4 Å². The maximum atomic E-state index is 9.10. The van der Waals surface area contributed by atoms with Crippen molar-refractivity contribution in [2.45, 2.75) is 0 Å². The Morgan fingerprint density at radius 2 is 1.94 bits per heavy atom. The topological polar surface area (TPSA) is 61.8 Å². The van der Waals surface area contributed by atoms with E-state index in [0.29, 0.717) is 0 Å². The lowest BCUT2D eigenvalue weighted by Crippen LogP contribution is -1.81. The molecular formula is C12H9N3O. The van der Waals surface area contributed by atoms with Crippen LogP contribution in [0.3, 0.4) is 0 Å². The van der Waals surface area contributed by atoms with Gasteiger partial charge in [-0.25, -0.2) is 9.97 Å². The van der Waals surface area contributed by atoms with Gasteiger partial charge >= 0.3 is 0 Å². The minimum Gasteiger partial charge on any atom is -0.493 e. The summed E-state index contributed by atoms with van der Waals surface area (Å²) in [6, 6.07) is 11.1. The monoisotopic (exact) mass is 211 g/mol. The molecule has 3 aromatic rings. The normalized spacial score (nSPS) is 10.8. The molecule has 0 aliphatic carbocycles. The Hall–Kier alpha value is -2.36. The van der Waals surface area contributed by atoms with Crippen molar-refractivity contribution in [1.29, 1.82) is 0 Å². The van der Waals surface area contributed by atoms with Crippen molar-refractivity contribution in [3.8, 4) is 17.3 Å². The van der Waals surface area contributed by atoms with E-state index in [9.17, 15) is 0 Å².